The van der Waals surface area contributed by atoms with Gasteiger partial charge < -0.3 is 0 Å². The van der Waals surface area contributed by atoms with Gasteiger partial charge in [-0.15, -0.1) is 0 Å². The maximum atomic E-state index is 12.0. The van der Waals surface area contributed by atoms with Crippen LogP contribution < -0.4 is 5.32 Å². The number of nitriles is 1. The van der Waals surface area contributed by atoms with E-state index in [1.165, 1.54) is 0 Å². The highest BCUT2D eigenvalue weighted by molar-refractivity contribution is 6.14. The molecule has 24 heavy (non-hydrogen) atoms. The van der Waals surface area contributed by atoms with Gasteiger partial charge in [-0.3, -0.25) is 19.9 Å². The molecule has 0 unspecified atom stereocenters. The summed E-state index contributed by atoms with van der Waals surface area (Å²) >= 11 is 0. The topological polar surface area (TPSA) is 82.3 Å². The molecule has 1 N–H and O–H groups in total. The van der Waals surface area contributed by atoms with Gasteiger partial charge in [0.05, 0.1) is 23.9 Å². The van der Waals surface area contributed by atoms with Crippen LogP contribution in [0.4, 0.5) is 5.69 Å². The number of nitrogens with zero attached hydrogens (tertiary/aromatic N) is 2. The van der Waals surface area contributed by atoms with Gasteiger partial charge in [0.25, 0.3) is 0 Å². The molecular formula is C19H17N3O2. The van der Waals surface area contributed by atoms with Crippen molar-refractivity contribution in [1.82, 2.24) is 5.32 Å². The molecule has 0 saturated carbocycles. The Labute approximate surface area is 140 Å². The van der Waals surface area contributed by atoms with Crippen LogP contribution in [-0.2, 0) is 9.59 Å². The first kappa shape index (κ1) is 17.1. The Balaban J connectivity index is 2.24. The van der Waals surface area contributed by atoms with E-state index in [0.717, 1.165) is 16.8 Å². The molecule has 0 radical (unpaired) electrons. The number of aliphatic imine (C=N–C) groups is 1. The fourth-order valence-corrected chi connectivity index (χ4v) is 2.08. The minimum atomic E-state index is -0.606. The molecule has 120 valence electrons. The largest absolute Gasteiger partial charge is 0.295 e. The zero-order valence-electron chi connectivity index (χ0n) is 13.3. The number of carbonyl (C=O) groups is 2. The molecule has 0 saturated heterocycles. The second-order valence-corrected chi connectivity index (χ2v) is 5.24. The number of amides is 2. The molecule has 0 atom stereocenters. The van der Waals surface area contributed by atoms with Gasteiger partial charge >= 0.3 is 0 Å². The van der Waals surface area contributed by atoms with Crippen LogP contribution in [0.1, 0.15) is 24.0 Å². The fraction of sp³-hybridized carbons (Fsp3) is 0.158. The number of rotatable bonds is 5. The number of carbonyl (C=O) groups excluding carboxylic acids is 2. The zero-order chi connectivity index (χ0) is 17.4. The first-order valence-corrected chi connectivity index (χ1v) is 7.48. The number of benzene rings is 2. The van der Waals surface area contributed by atoms with Gasteiger partial charge in [0, 0.05) is 0 Å². The molecule has 0 spiro atoms. The highest BCUT2D eigenvalue weighted by Gasteiger charge is 2.13. The monoisotopic (exact) mass is 319 g/mol. The van der Waals surface area contributed by atoms with E-state index < -0.39 is 11.8 Å². The van der Waals surface area contributed by atoms with Crippen molar-refractivity contribution in [1.29, 1.82) is 5.26 Å². The molecule has 0 aliphatic heterocycles. The van der Waals surface area contributed by atoms with Gasteiger partial charge in [-0.25, -0.2) is 0 Å². The van der Waals surface area contributed by atoms with Crippen LogP contribution in [0.2, 0.25) is 0 Å². The van der Waals surface area contributed by atoms with Crippen molar-refractivity contribution in [2.75, 3.05) is 0 Å². The van der Waals surface area contributed by atoms with Crippen LogP contribution in [0.3, 0.4) is 0 Å². The van der Waals surface area contributed by atoms with Crippen LogP contribution in [0.25, 0.3) is 0 Å². The number of hydrogen-bond acceptors (Lipinski definition) is 4. The lowest BCUT2D eigenvalue weighted by Gasteiger charge is -2.07. The SMILES string of the molecule is Cc1ccc(N=C(CC(=O)NC(=O)CC#N)c2ccccc2)cc1. The molecule has 2 rings (SSSR count). The molecule has 0 aliphatic carbocycles. The van der Waals surface area contributed by atoms with Crippen molar-refractivity contribution in [2.45, 2.75) is 19.8 Å². The lowest BCUT2D eigenvalue weighted by atomic mass is 10.1. The van der Waals surface area contributed by atoms with Gasteiger partial charge in [0.1, 0.15) is 6.42 Å². The molecule has 5 heteroatoms. The molecule has 0 heterocycles. The van der Waals surface area contributed by atoms with E-state index >= 15 is 0 Å². The highest BCUT2D eigenvalue weighted by Crippen LogP contribution is 2.16. The van der Waals surface area contributed by atoms with E-state index in [2.05, 4.69) is 10.3 Å². The molecule has 0 bridgehead atoms. The van der Waals surface area contributed by atoms with E-state index in [1.807, 2.05) is 61.5 Å². The Bertz CT molecular complexity index is 788. The first-order valence-electron chi connectivity index (χ1n) is 7.48. The highest BCUT2D eigenvalue weighted by atomic mass is 16.2. The molecule has 5 nitrogen and oxygen atoms in total. The van der Waals surface area contributed by atoms with Gasteiger partial charge in [-0.05, 0) is 24.6 Å². The lowest BCUT2D eigenvalue weighted by molar-refractivity contribution is -0.129. The summed E-state index contributed by atoms with van der Waals surface area (Å²) in [6.45, 7) is 1.99. The minimum Gasteiger partial charge on any atom is -0.295 e. The summed E-state index contributed by atoms with van der Waals surface area (Å²) in [6, 6.07) is 18.7. The van der Waals surface area contributed by atoms with Crippen molar-refractivity contribution in [3.63, 3.8) is 0 Å². The van der Waals surface area contributed by atoms with Crippen molar-refractivity contribution >= 4 is 23.2 Å². The Hall–Kier alpha value is -3.26. The van der Waals surface area contributed by atoms with E-state index in [1.54, 1.807) is 6.07 Å². The summed E-state index contributed by atoms with van der Waals surface area (Å²) in [6.07, 6.45) is -0.392. The molecule has 2 amide bonds. The maximum Gasteiger partial charge on any atom is 0.240 e. The number of aryl methyl sites for hydroxylation is 1. The number of nitrogens with one attached hydrogen (secondary N) is 1. The number of hydrogen-bond donors (Lipinski definition) is 1. The summed E-state index contributed by atoms with van der Waals surface area (Å²) in [5, 5.41) is 10.7. The van der Waals surface area contributed by atoms with Gasteiger partial charge in [-0.1, -0.05) is 48.0 Å². The third kappa shape index (κ3) is 5.18. The predicted molar refractivity (Wildman–Crippen MR) is 91.8 cm³/mol. The van der Waals surface area contributed by atoms with Crippen LogP contribution in [0.15, 0.2) is 59.6 Å². The van der Waals surface area contributed by atoms with Crippen molar-refractivity contribution < 1.29 is 9.59 Å². The Morgan fingerprint density at radius 1 is 1.04 bits per heavy atom. The van der Waals surface area contributed by atoms with E-state index in [-0.39, 0.29) is 12.8 Å². The quantitative estimate of drug-likeness (QED) is 0.860. The lowest BCUT2D eigenvalue weighted by Crippen LogP contribution is -2.31. The second-order valence-electron chi connectivity index (χ2n) is 5.24. The maximum absolute atomic E-state index is 12.0. The Morgan fingerprint density at radius 3 is 2.33 bits per heavy atom. The summed E-state index contributed by atoms with van der Waals surface area (Å²) in [4.78, 5) is 27.9. The van der Waals surface area contributed by atoms with Gasteiger partial charge in [0.2, 0.25) is 11.8 Å². The molecule has 0 aliphatic rings. The van der Waals surface area contributed by atoms with E-state index in [0.29, 0.717) is 5.71 Å². The average Bonchev–Trinajstić information content (AvgIpc) is 2.57. The molecule has 2 aromatic carbocycles. The standard InChI is InChI=1S/C19H17N3O2/c1-14-7-9-16(10-8-14)21-17(15-5-3-2-4-6-15)13-19(24)22-18(23)11-12-20/h2-10H,11,13H2,1H3,(H,22,23,24). The third-order valence-electron chi connectivity index (χ3n) is 3.25. The first-order chi connectivity index (χ1) is 11.6. The fourth-order valence-electron chi connectivity index (χ4n) is 2.08. The minimum absolute atomic E-state index is 0.0466. The van der Waals surface area contributed by atoms with E-state index in [9.17, 15) is 9.59 Å². The summed E-state index contributed by atoms with van der Waals surface area (Å²) in [7, 11) is 0. The van der Waals surface area contributed by atoms with Gasteiger partial charge in [0.15, 0.2) is 0 Å². The molecular weight excluding hydrogens is 302 g/mol. The Kier molecular flexibility index (Phi) is 5.98. The predicted octanol–water partition coefficient (Wildman–Crippen LogP) is 3.06. The van der Waals surface area contributed by atoms with Crippen LogP contribution >= 0.6 is 0 Å². The van der Waals surface area contributed by atoms with E-state index in [4.69, 9.17) is 5.26 Å². The Morgan fingerprint density at radius 2 is 1.71 bits per heavy atom. The number of imide groups is 1. The molecule has 0 fully saturated rings. The molecule has 2 aromatic rings. The summed E-state index contributed by atoms with van der Waals surface area (Å²) in [5.74, 6) is -1.09. The normalized spacial score (nSPS) is 10.8. The van der Waals surface area contributed by atoms with Crippen LogP contribution in [0.5, 0.6) is 0 Å². The molecule has 0 aromatic heterocycles. The van der Waals surface area contributed by atoms with Crippen molar-refractivity contribution in [2.24, 2.45) is 4.99 Å². The zero-order valence-corrected chi connectivity index (χ0v) is 13.3. The summed E-state index contributed by atoms with van der Waals surface area (Å²) < 4.78 is 0. The summed E-state index contributed by atoms with van der Waals surface area (Å²) in [5.41, 5.74) is 3.22. The third-order valence-corrected chi connectivity index (χ3v) is 3.25. The van der Waals surface area contributed by atoms with Crippen molar-refractivity contribution in [3.05, 3.63) is 65.7 Å². The second kappa shape index (κ2) is 8.39. The smallest absolute Gasteiger partial charge is 0.240 e. The van der Waals surface area contributed by atoms with Crippen molar-refractivity contribution in [3.8, 4) is 6.07 Å². The average molecular weight is 319 g/mol. The van der Waals surface area contributed by atoms with Crippen LogP contribution in [-0.4, -0.2) is 17.5 Å². The van der Waals surface area contributed by atoms with Gasteiger partial charge in [-0.2, -0.15) is 5.26 Å². The van der Waals surface area contributed by atoms with Crippen LogP contribution in [0, 0.1) is 18.3 Å².